The Hall–Kier alpha value is -12.3. The van der Waals surface area contributed by atoms with Crippen molar-refractivity contribution in [2.75, 3.05) is 65.3 Å². The smallest absolute Gasteiger partial charge is 0.338 e. The summed E-state index contributed by atoms with van der Waals surface area (Å²) in [6.45, 7) is 22.8. The molecule has 0 aliphatic carbocycles. The molecule has 6 heterocycles. The monoisotopic (exact) mass is 1530 g/mol. The predicted octanol–water partition coefficient (Wildman–Crippen LogP) is 12.3. The lowest BCUT2D eigenvalue weighted by Gasteiger charge is -2.28. The lowest BCUT2D eigenvalue weighted by atomic mass is 9.83. The SMILES string of the molecule is CCOC(=O)C1=C(CSc2nc(C)c(C)c(C)c2C#N)OC(N)=C(C#N)C1c1ccccc1.CCOC(=O)C1=C(CSc2nc(C)c(C)c(C)c2C#N)OC(N)=C(C#N)C1c1ccccc1.CCOC(=O)C1=C(CSc2nc(C)c(C)c(C)c2C#N)OC(N)=C(C#N)C1c1ccccc1.CN(C)C=O.CN(C)C=O. The number of thioether (sulfide) groups is 3. The number of esters is 3. The van der Waals surface area contributed by atoms with E-state index in [0.29, 0.717) is 31.8 Å². The summed E-state index contributed by atoms with van der Waals surface area (Å²) in [5.41, 5.74) is 31.0. The summed E-state index contributed by atoms with van der Waals surface area (Å²) < 4.78 is 33.3. The lowest BCUT2D eigenvalue weighted by molar-refractivity contribution is -0.140. The van der Waals surface area contributed by atoms with Crippen LogP contribution in [0.1, 0.15) is 122 Å². The van der Waals surface area contributed by atoms with Gasteiger partial charge in [-0.15, -0.1) is 0 Å². The number of ether oxygens (including phenoxy) is 6. The van der Waals surface area contributed by atoms with E-state index in [0.717, 1.165) is 80.0 Å². The maximum absolute atomic E-state index is 13.0. The molecule has 3 aliphatic rings. The second-order valence-electron chi connectivity index (χ2n) is 24.4. The van der Waals surface area contributed by atoms with Crippen LogP contribution in [0.5, 0.6) is 0 Å². The first-order valence-electron chi connectivity index (χ1n) is 33.9. The van der Waals surface area contributed by atoms with Crippen LogP contribution in [0, 0.1) is 130 Å². The van der Waals surface area contributed by atoms with Crippen LogP contribution in [0.25, 0.3) is 0 Å². The molecular weight excluding hydrogens is 1440 g/mol. The summed E-state index contributed by atoms with van der Waals surface area (Å²) in [5.74, 6) is -2.66. The molecule has 9 rings (SSSR count). The Labute approximate surface area is 649 Å². The van der Waals surface area contributed by atoms with Gasteiger partial charge in [-0.2, -0.15) is 31.6 Å². The highest BCUT2D eigenvalue weighted by atomic mass is 32.2. The number of amides is 2. The average Bonchev–Trinajstić information content (AvgIpc) is 0.778. The van der Waals surface area contributed by atoms with Crippen molar-refractivity contribution in [1.29, 1.82) is 31.6 Å². The number of allylic oxidation sites excluding steroid dienone is 3. The third-order valence-electron chi connectivity index (χ3n) is 17.0. The summed E-state index contributed by atoms with van der Waals surface area (Å²) >= 11 is 3.83. The highest BCUT2D eigenvalue weighted by Crippen LogP contribution is 2.45. The van der Waals surface area contributed by atoms with Gasteiger partial charge in [-0.3, -0.25) is 9.59 Å². The topological polar surface area (TPSA) is 407 Å². The summed E-state index contributed by atoms with van der Waals surface area (Å²) in [5, 5.41) is 60.0. The van der Waals surface area contributed by atoms with Gasteiger partial charge in [-0.1, -0.05) is 126 Å². The van der Waals surface area contributed by atoms with E-state index in [9.17, 15) is 55.5 Å². The molecule has 0 radical (unpaired) electrons. The number of benzene rings is 3. The molecule has 0 saturated heterocycles. The van der Waals surface area contributed by atoms with Crippen molar-refractivity contribution in [1.82, 2.24) is 24.8 Å². The number of nitrogens with two attached hydrogens (primary N) is 3. The summed E-state index contributed by atoms with van der Waals surface area (Å²) in [6.07, 6.45) is 1.50. The zero-order valence-electron chi connectivity index (χ0n) is 63.7. The normalized spacial score (nSPS) is 14.7. The largest absolute Gasteiger partial charge is 0.463 e. The first-order valence-corrected chi connectivity index (χ1v) is 36.8. The number of nitriles is 6. The Kier molecular flexibility index (Phi) is 33.8. The standard InChI is InChI=1S/3C25H24N4O3S.2C3H7NO/c3*1-5-31-25(30)22-20(13-33-24-18(11-26)15(3)14(2)16(4)29-24)32-23(28)19(12-27)21(22)17-9-7-6-8-10-17;2*1-4(2)3-5/h3*6-10,21H,5,13,28H2,1-4H3;2*3H,1-2H3. The summed E-state index contributed by atoms with van der Waals surface area (Å²) in [4.78, 5) is 74.6. The third kappa shape index (κ3) is 21.9. The number of pyridine rings is 3. The van der Waals surface area contributed by atoms with E-state index >= 15 is 0 Å². The Morgan fingerprint density at radius 1 is 0.413 bits per heavy atom. The minimum atomic E-state index is -0.718. The molecule has 2 amide bonds. The molecule has 0 bridgehead atoms. The quantitative estimate of drug-likeness (QED) is 0.0276. The molecule has 6 N–H and O–H groups in total. The summed E-state index contributed by atoms with van der Waals surface area (Å²) in [7, 11) is 6.75. The first kappa shape index (κ1) is 87.3. The molecule has 3 aliphatic heterocycles. The molecule has 3 aromatic heterocycles. The van der Waals surface area contributed by atoms with E-state index in [4.69, 9.17) is 45.6 Å². The molecule has 3 aromatic carbocycles. The highest BCUT2D eigenvalue weighted by molar-refractivity contribution is 7.99. The Morgan fingerprint density at radius 3 is 0.817 bits per heavy atom. The molecule has 0 saturated carbocycles. The number of carbonyl (C=O) groups is 5. The number of nitrogens with zero attached hydrogens (tertiary/aromatic N) is 11. The first-order chi connectivity index (χ1) is 52.0. The number of aryl methyl sites for hydroxylation is 3. The van der Waals surface area contributed by atoms with Crippen LogP contribution in [0.4, 0.5) is 0 Å². The molecule has 25 nitrogen and oxygen atoms in total. The number of hydrogen-bond acceptors (Lipinski definition) is 26. The van der Waals surface area contributed by atoms with Crippen LogP contribution in [-0.4, -0.2) is 121 Å². The van der Waals surface area contributed by atoms with Gasteiger partial charge >= 0.3 is 17.9 Å². The molecule has 3 atom stereocenters. The van der Waals surface area contributed by atoms with Crippen LogP contribution in [0.15, 0.2) is 174 Å². The maximum Gasteiger partial charge on any atom is 0.338 e. The number of aromatic nitrogens is 3. The minimum Gasteiger partial charge on any atom is -0.463 e. The second-order valence-corrected chi connectivity index (χ2v) is 27.3. The summed E-state index contributed by atoms with van der Waals surface area (Å²) in [6, 6.07) is 40.4. The number of hydrogen-bond donors (Lipinski definition) is 3. The van der Waals surface area contributed by atoms with Crippen molar-refractivity contribution >= 4 is 66.0 Å². The zero-order chi connectivity index (χ0) is 80.9. The van der Waals surface area contributed by atoms with E-state index in [1.165, 1.54) is 45.1 Å². The fraction of sp³-hybridized carbons (Fsp3) is 0.309. The molecule has 6 aromatic rings. The maximum atomic E-state index is 13.0. The second kappa shape index (κ2) is 42.1. The van der Waals surface area contributed by atoms with Gasteiger partial charge in [-0.25, -0.2) is 29.3 Å². The average molecular weight is 1530 g/mol. The van der Waals surface area contributed by atoms with Gasteiger partial charge in [0.05, 0.1) is 88.2 Å². The highest BCUT2D eigenvalue weighted by Gasteiger charge is 2.41. The molecule has 109 heavy (non-hydrogen) atoms. The lowest BCUT2D eigenvalue weighted by Crippen LogP contribution is -2.27. The molecule has 0 fully saturated rings. The Morgan fingerprint density at radius 2 is 0.633 bits per heavy atom. The number of carbonyl (C=O) groups excluding carboxylic acids is 5. The third-order valence-corrected chi connectivity index (χ3v) is 20.0. The van der Waals surface area contributed by atoms with Crippen LogP contribution in [-0.2, 0) is 52.4 Å². The molecule has 3 unspecified atom stereocenters. The van der Waals surface area contributed by atoms with Crippen molar-refractivity contribution < 1.29 is 52.4 Å². The van der Waals surface area contributed by atoms with Gasteiger partial charge < -0.3 is 55.4 Å². The van der Waals surface area contributed by atoms with E-state index in [2.05, 4.69) is 51.4 Å². The van der Waals surface area contributed by atoms with Crippen LogP contribution in [0.2, 0.25) is 0 Å². The van der Waals surface area contributed by atoms with Gasteiger partial charge in [0.25, 0.3) is 0 Å². The predicted molar refractivity (Wildman–Crippen MR) is 413 cm³/mol. The van der Waals surface area contributed by atoms with Gasteiger partial charge in [0.1, 0.15) is 85.5 Å². The van der Waals surface area contributed by atoms with E-state index in [1.807, 2.05) is 153 Å². The van der Waals surface area contributed by atoms with Crippen molar-refractivity contribution in [2.24, 2.45) is 17.2 Å². The van der Waals surface area contributed by atoms with Gasteiger partial charge in [0, 0.05) is 45.3 Å². The Balaban J connectivity index is 0.000000275. The van der Waals surface area contributed by atoms with Crippen LogP contribution >= 0.6 is 35.3 Å². The zero-order valence-corrected chi connectivity index (χ0v) is 66.1. The van der Waals surface area contributed by atoms with Crippen molar-refractivity contribution in [2.45, 2.75) is 116 Å². The van der Waals surface area contributed by atoms with Crippen LogP contribution in [0.3, 0.4) is 0 Å². The van der Waals surface area contributed by atoms with Gasteiger partial charge in [0.15, 0.2) is 0 Å². The van der Waals surface area contributed by atoms with E-state index in [1.54, 1.807) is 49.0 Å². The van der Waals surface area contributed by atoms with Crippen molar-refractivity contribution in [3.63, 3.8) is 0 Å². The molecule has 28 heteroatoms. The van der Waals surface area contributed by atoms with E-state index < -0.39 is 35.7 Å². The number of rotatable bonds is 20. The van der Waals surface area contributed by atoms with Gasteiger partial charge in [0.2, 0.25) is 30.5 Å². The molecule has 0 spiro atoms. The molecular formula is C81H86N14O11S3. The Bertz CT molecular complexity index is 4400. The van der Waals surface area contributed by atoms with E-state index in [-0.39, 0.29) is 105 Å². The van der Waals surface area contributed by atoms with Crippen molar-refractivity contribution in [3.05, 3.63) is 243 Å². The van der Waals surface area contributed by atoms with Crippen LogP contribution < -0.4 is 17.2 Å². The van der Waals surface area contributed by atoms with Gasteiger partial charge in [-0.05, 0) is 133 Å². The molecule has 564 valence electrons. The van der Waals surface area contributed by atoms with Crippen molar-refractivity contribution in [3.8, 4) is 36.4 Å². The fourth-order valence-electron chi connectivity index (χ4n) is 10.9. The minimum absolute atomic E-state index is 0.0558. The fourth-order valence-corrected chi connectivity index (χ4v) is 13.9.